The maximum Gasteiger partial charge on any atom is 0.309 e. The van der Waals surface area contributed by atoms with E-state index in [1.165, 1.54) is 0 Å². The number of halogens is 1. The van der Waals surface area contributed by atoms with E-state index in [2.05, 4.69) is 20.8 Å². The Morgan fingerprint density at radius 1 is 1.47 bits per heavy atom. The summed E-state index contributed by atoms with van der Waals surface area (Å²) in [5.74, 6) is -0.621. The summed E-state index contributed by atoms with van der Waals surface area (Å²) >= 11 is 6.24. The van der Waals surface area contributed by atoms with Crippen molar-refractivity contribution >= 4 is 17.6 Å². The highest BCUT2D eigenvalue weighted by Gasteiger charge is 2.49. The lowest BCUT2D eigenvalue weighted by Gasteiger charge is -2.25. The molecule has 1 atom stereocenters. The highest BCUT2D eigenvalue weighted by atomic mass is 35.5. The quantitative estimate of drug-likeness (QED) is 0.735. The minimum Gasteiger partial charge on any atom is -0.481 e. The van der Waals surface area contributed by atoms with Crippen LogP contribution in [0.1, 0.15) is 52.9 Å². The monoisotopic (exact) mass is 232 g/mol. The third-order valence-electron chi connectivity index (χ3n) is 3.36. The number of hydrogen-bond acceptors (Lipinski definition) is 1. The first kappa shape index (κ1) is 12.8. The van der Waals surface area contributed by atoms with E-state index in [9.17, 15) is 4.79 Å². The fourth-order valence-electron chi connectivity index (χ4n) is 1.77. The van der Waals surface area contributed by atoms with Crippen LogP contribution in [-0.2, 0) is 4.79 Å². The van der Waals surface area contributed by atoms with E-state index >= 15 is 0 Å². The Hall–Kier alpha value is -0.240. The Labute approximate surface area is 97.0 Å². The number of carbonyl (C=O) groups is 1. The second kappa shape index (κ2) is 4.32. The number of rotatable bonds is 5. The van der Waals surface area contributed by atoms with E-state index in [1.54, 1.807) is 0 Å². The molecule has 15 heavy (non-hydrogen) atoms. The molecule has 2 nitrogen and oxygen atoms in total. The molecule has 0 aliphatic heterocycles. The first-order valence-electron chi connectivity index (χ1n) is 5.65. The van der Waals surface area contributed by atoms with Crippen molar-refractivity contribution < 1.29 is 9.90 Å². The first-order valence-corrected chi connectivity index (χ1v) is 6.09. The SMILES string of the molecule is CC(C)(C)C(Cl)CCCC1(C(=O)O)CC1. The zero-order valence-corrected chi connectivity index (χ0v) is 10.6. The number of hydrogen-bond donors (Lipinski definition) is 1. The van der Waals surface area contributed by atoms with Crippen molar-refractivity contribution in [2.75, 3.05) is 0 Å². The summed E-state index contributed by atoms with van der Waals surface area (Å²) in [6, 6.07) is 0. The Balaban J connectivity index is 2.25. The van der Waals surface area contributed by atoms with Gasteiger partial charge < -0.3 is 5.11 Å². The summed E-state index contributed by atoms with van der Waals surface area (Å²) in [5, 5.41) is 9.14. The molecule has 3 heteroatoms. The van der Waals surface area contributed by atoms with Crippen molar-refractivity contribution in [2.24, 2.45) is 10.8 Å². The number of carboxylic acid groups (broad SMARTS) is 1. The fourth-order valence-corrected chi connectivity index (χ4v) is 1.93. The Morgan fingerprint density at radius 2 is 2.00 bits per heavy atom. The molecule has 1 saturated carbocycles. The summed E-state index contributed by atoms with van der Waals surface area (Å²) in [4.78, 5) is 10.9. The molecule has 1 fully saturated rings. The lowest BCUT2D eigenvalue weighted by Crippen LogP contribution is -2.21. The molecule has 1 unspecified atom stereocenters. The minimum atomic E-state index is -0.621. The topological polar surface area (TPSA) is 37.3 Å². The third-order valence-corrected chi connectivity index (χ3v) is 4.23. The molecule has 1 aliphatic carbocycles. The number of aliphatic carboxylic acids is 1. The molecule has 0 bridgehead atoms. The van der Waals surface area contributed by atoms with Gasteiger partial charge in [-0.2, -0.15) is 0 Å². The van der Waals surface area contributed by atoms with E-state index in [0.29, 0.717) is 0 Å². The average molecular weight is 233 g/mol. The largest absolute Gasteiger partial charge is 0.481 e. The number of alkyl halides is 1. The summed E-state index contributed by atoms with van der Waals surface area (Å²) in [6.07, 6.45) is 4.34. The molecular formula is C12H21ClO2. The standard InChI is InChI=1S/C12H21ClO2/c1-11(2,3)9(13)5-4-6-12(7-8-12)10(14)15/h9H,4-8H2,1-3H3,(H,14,15). The van der Waals surface area contributed by atoms with Gasteiger partial charge in [0.05, 0.1) is 5.41 Å². The lowest BCUT2D eigenvalue weighted by atomic mass is 9.87. The zero-order chi connectivity index (χ0) is 11.7. The molecule has 0 heterocycles. The number of carboxylic acids is 1. The molecule has 0 aromatic rings. The molecule has 88 valence electrons. The van der Waals surface area contributed by atoms with Gasteiger partial charge in [-0.05, 0) is 31.1 Å². The van der Waals surface area contributed by atoms with E-state index in [1.807, 2.05) is 0 Å². The predicted octanol–water partition coefficient (Wildman–Crippen LogP) is 3.68. The van der Waals surface area contributed by atoms with Gasteiger partial charge in [-0.25, -0.2) is 0 Å². The van der Waals surface area contributed by atoms with Gasteiger partial charge in [0.25, 0.3) is 0 Å². The normalized spacial score (nSPS) is 21.1. The second-order valence-electron chi connectivity index (χ2n) is 5.81. The molecule has 0 radical (unpaired) electrons. The van der Waals surface area contributed by atoms with E-state index in [4.69, 9.17) is 16.7 Å². The van der Waals surface area contributed by atoms with Gasteiger partial charge in [0, 0.05) is 5.38 Å². The van der Waals surface area contributed by atoms with Gasteiger partial charge in [0.15, 0.2) is 0 Å². The zero-order valence-electron chi connectivity index (χ0n) is 9.85. The highest BCUT2D eigenvalue weighted by molar-refractivity contribution is 6.21. The second-order valence-corrected chi connectivity index (χ2v) is 6.34. The maximum atomic E-state index is 10.9. The smallest absolute Gasteiger partial charge is 0.309 e. The average Bonchev–Trinajstić information content (AvgIpc) is 2.83. The maximum absolute atomic E-state index is 10.9. The van der Waals surface area contributed by atoms with Gasteiger partial charge in [0.2, 0.25) is 0 Å². The lowest BCUT2D eigenvalue weighted by molar-refractivity contribution is -0.143. The first-order chi connectivity index (χ1) is 6.78. The minimum absolute atomic E-state index is 0.113. The molecular weight excluding hydrogens is 212 g/mol. The third kappa shape index (κ3) is 3.37. The molecule has 0 amide bonds. The van der Waals surface area contributed by atoms with Crippen LogP contribution in [-0.4, -0.2) is 16.5 Å². The fraction of sp³-hybridized carbons (Fsp3) is 0.917. The summed E-state index contributed by atoms with van der Waals surface area (Å²) in [5.41, 5.74) is -0.268. The van der Waals surface area contributed by atoms with E-state index in [0.717, 1.165) is 32.1 Å². The van der Waals surface area contributed by atoms with Crippen molar-refractivity contribution in [2.45, 2.75) is 58.3 Å². The van der Waals surface area contributed by atoms with Crippen LogP contribution in [0.2, 0.25) is 0 Å². The van der Waals surface area contributed by atoms with Crippen LogP contribution in [0.5, 0.6) is 0 Å². The summed E-state index contributed by atoms with van der Waals surface area (Å²) in [7, 11) is 0. The van der Waals surface area contributed by atoms with Crippen LogP contribution in [0.25, 0.3) is 0 Å². The van der Waals surface area contributed by atoms with Gasteiger partial charge in [0.1, 0.15) is 0 Å². The molecule has 0 saturated heterocycles. The van der Waals surface area contributed by atoms with E-state index in [-0.39, 0.29) is 16.2 Å². The van der Waals surface area contributed by atoms with Crippen molar-refractivity contribution in [3.8, 4) is 0 Å². The molecule has 1 aliphatic rings. The van der Waals surface area contributed by atoms with Crippen LogP contribution >= 0.6 is 11.6 Å². The van der Waals surface area contributed by atoms with Crippen molar-refractivity contribution in [1.29, 1.82) is 0 Å². The van der Waals surface area contributed by atoms with Crippen LogP contribution in [0.3, 0.4) is 0 Å². The Morgan fingerprint density at radius 3 is 2.33 bits per heavy atom. The van der Waals surface area contributed by atoms with Crippen molar-refractivity contribution in [1.82, 2.24) is 0 Å². The van der Waals surface area contributed by atoms with Crippen molar-refractivity contribution in [3.63, 3.8) is 0 Å². The summed E-state index contributed by atoms with van der Waals surface area (Å²) < 4.78 is 0. The van der Waals surface area contributed by atoms with Gasteiger partial charge in [-0.3, -0.25) is 4.79 Å². The van der Waals surface area contributed by atoms with Crippen LogP contribution in [0, 0.1) is 10.8 Å². The van der Waals surface area contributed by atoms with Crippen LogP contribution < -0.4 is 0 Å². The molecule has 0 spiro atoms. The molecule has 0 aromatic carbocycles. The molecule has 1 rings (SSSR count). The van der Waals surface area contributed by atoms with E-state index < -0.39 is 5.97 Å². The predicted molar refractivity (Wildman–Crippen MR) is 62.2 cm³/mol. The van der Waals surface area contributed by atoms with Crippen LogP contribution in [0.15, 0.2) is 0 Å². The van der Waals surface area contributed by atoms with Gasteiger partial charge in [-0.1, -0.05) is 27.2 Å². The Bertz CT molecular complexity index is 238. The molecule has 0 aromatic heterocycles. The van der Waals surface area contributed by atoms with Crippen LogP contribution in [0.4, 0.5) is 0 Å². The summed E-state index contributed by atoms with van der Waals surface area (Å²) in [6.45, 7) is 6.36. The van der Waals surface area contributed by atoms with Gasteiger partial charge in [-0.15, -0.1) is 11.6 Å². The molecule has 1 N–H and O–H groups in total. The van der Waals surface area contributed by atoms with Crippen molar-refractivity contribution in [3.05, 3.63) is 0 Å². The van der Waals surface area contributed by atoms with Gasteiger partial charge >= 0.3 is 5.97 Å². The highest BCUT2D eigenvalue weighted by Crippen LogP contribution is 2.50. The Kier molecular flexibility index (Phi) is 3.70.